The van der Waals surface area contributed by atoms with Gasteiger partial charge in [-0.15, -0.1) is 0 Å². The summed E-state index contributed by atoms with van der Waals surface area (Å²) in [5, 5.41) is 9.72. The summed E-state index contributed by atoms with van der Waals surface area (Å²) in [5.41, 5.74) is 1.16. The van der Waals surface area contributed by atoms with Crippen molar-refractivity contribution in [2.24, 2.45) is 5.41 Å². The van der Waals surface area contributed by atoms with Crippen molar-refractivity contribution in [3.05, 3.63) is 48.0 Å². The molecule has 2 aliphatic rings. The summed E-state index contributed by atoms with van der Waals surface area (Å²) in [6.07, 6.45) is 6.32. The van der Waals surface area contributed by atoms with E-state index in [0.717, 1.165) is 19.4 Å². The van der Waals surface area contributed by atoms with Crippen molar-refractivity contribution < 1.29 is 0 Å². The minimum atomic E-state index is -0.307. The number of nitriles is 1. The van der Waals surface area contributed by atoms with E-state index < -0.39 is 0 Å². The van der Waals surface area contributed by atoms with E-state index in [0.29, 0.717) is 6.04 Å². The molecule has 19 heavy (non-hydrogen) atoms. The Morgan fingerprint density at radius 3 is 2.74 bits per heavy atom. The first-order chi connectivity index (χ1) is 9.09. The zero-order valence-electron chi connectivity index (χ0n) is 11.6. The maximum absolute atomic E-state index is 9.72. The molecule has 2 bridgehead atoms. The molecule has 2 nitrogen and oxygen atoms in total. The number of nitrogens with zero attached hydrogens (tertiary/aromatic N) is 2. The van der Waals surface area contributed by atoms with Crippen LogP contribution in [0.5, 0.6) is 0 Å². The Morgan fingerprint density at radius 2 is 2.05 bits per heavy atom. The molecule has 98 valence electrons. The van der Waals surface area contributed by atoms with Crippen molar-refractivity contribution in [2.45, 2.75) is 38.3 Å². The Hall–Kier alpha value is -1.59. The second-order valence-corrected chi connectivity index (χ2v) is 6.30. The van der Waals surface area contributed by atoms with E-state index in [1.54, 1.807) is 0 Å². The Labute approximate surface area is 115 Å². The second-order valence-electron chi connectivity index (χ2n) is 6.30. The van der Waals surface area contributed by atoms with Gasteiger partial charge in [-0.3, -0.25) is 4.90 Å². The molecule has 2 heteroatoms. The molecular formula is C17H20N2. The van der Waals surface area contributed by atoms with Gasteiger partial charge in [0, 0.05) is 18.0 Å². The number of rotatable bonds is 2. The average molecular weight is 252 g/mol. The quantitative estimate of drug-likeness (QED) is 0.751. The minimum absolute atomic E-state index is 0.164. The molecule has 0 amide bonds. The van der Waals surface area contributed by atoms with Crippen LogP contribution in [0.3, 0.4) is 0 Å². The summed E-state index contributed by atoms with van der Waals surface area (Å²) in [6, 6.07) is 13.4. The summed E-state index contributed by atoms with van der Waals surface area (Å²) >= 11 is 0. The molecule has 3 atom stereocenters. The first-order valence-corrected chi connectivity index (χ1v) is 6.99. The van der Waals surface area contributed by atoms with E-state index >= 15 is 0 Å². The maximum Gasteiger partial charge on any atom is 0.114 e. The summed E-state index contributed by atoms with van der Waals surface area (Å²) in [6.45, 7) is 5.47. The fourth-order valence-electron chi connectivity index (χ4n) is 3.77. The molecule has 3 rings (SSSR count). The lowest BCUT2D eigenvalue weighted by atomic mass is 9.76. The first kappa shape index (κ1) is 12.4. The maximum atomic E-state index is 9.72. The Bertz CT molecular complexity index is 542. The lowest BCUT2D eigenvalue weighted by Crippen LogP contribution is -2.43. The largest absolute Gasteiger partial charge is 0.278 e. The van der Waals surface area contributed by atoms with Crippen LogP contribution in [0.2, 0.25) is 0 Å². The van der Waals surface area contributed by atoms with Crippen molar-refractivity contribution in [1.82, 2.24) is 4.90 Å². The van der Waals surface area contributed by atoms with Gasteiger partial charge in [0.2, 0.25) is 0 Å². The summed E-state index contributed by atoms with van der Waals surface area (Å²) in [4.78, 5) is 2.41. The van der Waals surface area contributed by atoms with Crippen LogP contribution < -0.4 is 0 Å². The van der Waals surface area contributed by atoms with Crippen LogP contribution in [-0.2, 0) is 0 Å². The van der Waals surface area contributed by atoms with Gasteiger partial charge in [0.15, 0.2) is 0 Å². The van der Waals surface area contributed by atoms with Crippen LogP contribution in [0.15, 0.2) is 42.5 Å². The van der Waals surface area contributed by atoms with Gasteiger partial charge in [-0.1, -0.05) is 49.4 Å². The van der Waals surface area contributed by atoms with E-state index in [2.05, 4.69) is 61.2 Å². The number of hydrogen-bond acceptors (Lipinski definition) is 2. The lowest BCUT2D eigenvalue weighted by molar-refractivity contribution is 0.141. The normalized spacial score (nSPS) is 35.0. The van der Waals surface area contributed by atoms with Gasteiger partial charge in [0.1, 0.15) is 5.54 Å². The number of fused-ring (bicyclic) bond motifs is 2. The highest BCUT2D eigenvalue weighted by atomic mass is 15.3. The number of benzene rings is 1. The van der Waals surface area contributed by atoms with Gasteiger partial charge < -0.3 is 0 Å². The van der Waals surface area contributed by atoms with Crippen LogP contribution >= 0.6 is 0 Å². The SMILES string of the molecule is C[C@H](c1ccccc1)N1C[C@@]2(C)C=CC[C@]1(C#N)C2. The van der Waals surface area contributed by atoms with E-state index in [1.807, 2.05) is 6.07 Å². The van der Waals surface area contributed by atoms with Crippen molar-refractivity contribution in [3.63, 3.8) is 0 Å². The van der Waals surface area contributed by atoms with Crippen molar-refractivity contribution in [2.75, 3.05) is 6.54 Å². The number of hydrogen-bond donors (Lipinski definition) is 0. The third-order valence-electron chi connectivity index (χ3n) is 4.71. The molecule has 0 radical (unpaired) electrons. The summed E-state index contributed by atoms with van der Waals surface area (Å²) < 4.78 is 0. The molecule has 0 unspecified atom stereocenters. The molecule has 0 spiro atoms. The second kappa shape index (κ2) is 4.21. The van der Waals surface area contributed by atoms with Gasteiger partial charge in [0.05, 0.1) is 6.07 Å². The first-order valence-electron chi connectivity index (χ1n) is 6.99. The highest BCUT2D eigenvalue weighted by molar-refractivity contribution is 5.29. The van der Waals surface area contributed by atoms with E-state index in [-0.39, 0.29) is 11.0 Å². The third kappa shape index (κ3) is 1.89. The molecule has 0 saturated carbocycles. The molecular weight excluding hydrogens is 232 g/mol. The molecule has 1 saturated heterocycles. The van der Waals surface area contributed by atoms with E-state index in [9.17, 15) is 5.26 Å². The van der Waals surface area contributed by atoms with Gasteiger partial charge in [0.25, 0.3) is 0 Å². The summed E-state index contributed by atoms with van der Waals surface area (Å²) in [7, 11) is 0. The smallest absolute Gasteiger partial charge is 0.114 e. The molecule has 1 aromatic rings. The number of likely N-dealkylation sites (tertiary alicyclic amines) is 1. The fraction of sp³-hybridized carbons (Fsp3) is 0.471. The topological polar surface area (TPSA) is 27.0 Å². The monoisotopic (exact) mass is 252 g/mol. The standard InChI is InChI=1S/C17H20N2/c1-14(15-7-4-3-5-8-15)19-13-16(2)9-6-10-17(19,11-16)12-18/h3-9,14H,10-11,13H2,1-2H3/t14-,16+,17-/m1/s1. The summed E-state index contributed by atoms with van der Waals surface area (Å²) in [5.74, 6) is 0. The molecule has 1 aliphatic heterocycles. The highest BCUT2D eigenvalue weighted by Gasteiger charge is 2.53. The predicted octanol–water partition coefficient (Wildman–Crippen LogP) is 3.68. The van der Waals surface area contributed by atoms with Gasteiger partial charge >= 0.3 is 0 Å². The minimum Gasteiger partial charge on any atom is -0.278 e. The predicted molar refractivity (Wildman–Crippen MR) is 76.4 cm³/mol. The van der Waals surface area contributed by atoms with Gasteiger partial charge in [-0.25, -0.2) is 0 Å². The van der Waals surface area contributed by atoms with Crippen LogP contribution in [-0.4, -0.2) is 17.0 Å². The van der Waals surface area contributed by atoms with Crippen LogP contribution in [0, 0.1) is 16.7 Å². The molecule has 1 aromatic carbocycles. The molecule has 1 heterocycles. The van der Waals surface area contributed by atoms with E-state index in [1.165, 1.54) is 5.56 Å². The third-order valence-corrected chi connectivity index (χ3v) is 4.71. The van der Waals surface area contributed by atoms with Gasteiger partial charge in [-0.05, 0) is 25.3 Å². The Morgan fingerprint density at radius 1 is 1.32 bits per heavy atom. The van der Waals surface area contributed by atoms with Crippen molar-refractivity contribution in [3.8, 4) is 6.07 Å². The molecule has 1 fully saturated rings. The van der Waals surface area contributed by atoms with Crippen molar-refractivity contribution in [1.29, 1.82) is 5.26 Å². The van der Waals surface area contributed by atoms with Crippen LogP contribution in [0.4, 0.5) is 0 Å². The highest BCUT2D eigenvalue weighted by Crippen LogP contribution is 2.50. The zero-order chi connectivity index (χ0) is 13.5. The Balaban J connectivity index is 1.96. The zero-order valence-corrected chi connectivity index (χ0v) is 11.6. The fourth-order valence-corrected chi connectivity index (χ4v) is 3.77. The molecule has 0 aromatic heterocycles. The van der Waals surface area contributed by atoms with Gasteiger partial charge in [-0.2, -0.15) is 5.26 Å². The Kier molecular flexibility index (Phi) is 2.76. The van der Waals surface area contributed by atoms with Crippen LogP contribution in [0.1, 0.15) is 38.3 Å². The lowest BCUT2D eigenvalue weighted by Gasteiger charge is -2.36. The van der Waals surface area contributed by atoms with Crippen LogP contribution in [0.25, 0.3) is 0 Å². The molecule has 0 N–H and O–H groups in total. The van der Waals surface area contributed by atoms with E-state index in [4.69, 9.17) is 0 Å². The van der Waals surface area contributed by atoms with Crippen molar-refractivity contribution >= 4 is 0 Å². The molecule has 1 aliphatic carbocycles. The average Bonchev–Trinajstić information content (AvgIpc) is 2.65.